The molecule has 0 radical (unpaired) electrons. The Bertz CT molecular complexity index is 3060. The van der Waals surface area contributed by atoms with Crippen LogP contribution in [0.1, 0.15) is 45.2 Å². The van der Waals surface area contributed by atoms with Gasteiger partial charge in [-0.15, -0.1) is 0 Å². The summed E-state index contributed by atoms with van der Waals surface area (Å²) in [6.07, 6.45) is 8.02. The molecule has 0 fully saturated rings. The third kappa shape index (κ3) is 14.0. The number of rotatable bonds is 16. The molecule has 0 saturated heterocycles. The average Bonchev–Trinajstić information content (AvgIpc) is 3.36. The van der Waals surface area contributed by atoms with Crippen molar-refractivity contribution in [3.63, 3.8) is 0 Å². The van der Waals surface area contributed by atoms with E-state index in [1.54, 1.807) is 48.5 Å². The van der Waals surface area contributed by atoms with Crippen LogP contribution < -0.4 is 17.8 Å². The van der Waals surface area contributed by atoms with Crippen LogP contribution in [0.2, 0.25) is 10.0 Å². The standard InChI is InChI=1S/2C28H22BrClO4S/c2*1-33-24-14-18-27(28(19-24)34-35(31,32)25-15-10-22(29)11-16-25)26(21-8-12-23(30)13-9-21)17-7-20-5-3-2-4-6-20/h2*2-19,26H,1H3/b2*17-7+/t2*26-/m00/s1. The lowest BCUT2D eigenvalue weighted by Gasteiger charge is -2.19. The minimum atomic E-state index is -4.09. The fraction of sp³-hybridized carbons (Fsp3) is 0.0714. The molecular weight excluding hydrogens is 1100 g/mol. The minimum Gasteiger partial charge on any atom is -0.497 e. The van der Waals surface area contributed by atoms with Gasteiger partial charge in [-0.1, -0.05) is 176 Å². The molecule has 0 aromatic heterocycles. The van der Waals surface area contributed by atoms with Gasteiger partial charge in [0.25, 0.3) is 0 Å². The Morgan fingerprint density at radius 1 is 0.443 bits per heavy atom. The summed E-state index contributed by atoms with van der Waals surface area (Å²) >= 11 is 18.9. The predicted molar refractivity (Wildman–Crippen MR) is 287 cm³/mol. The Hall–Kier alpha value is -6.12. The van der Waals surface area contributed by atoms with Crippen LogP contribution in [0, 0.1) is 0 Å². The molecule has 0 aliphatic carbocycles. The third-order valence-corrected chi connectivity index (χ3v) is 14.8. The summed E-state index contributed by atoms with van der Waals surface area (Å²) in [6.45, 7) is 0. The molecule has 2 atom stereocenters. The minimum absolute atomic E-state index is 0.0531. The van der Waals surface area contributed by atoms with Gasteiger partial charge >= 0.3 is 20.2 Å². The van der Waals surface area contributed by atoms with Gasteiger partial charge in [0.1, 0.15) is 21.3 Å². The van der Waals surface area contributed by atoms with E-state index in [1.165, 1.54) is 38.5 Å². The first-order chi connectivity index (χ1) is 33.7. The Balaban J connectivity index is 0.000000206. The van der Waals surface area contributed by atoms with Crippen molar-refractivity contribution in [2.45, 2.75) is 21.6 Å². The van der Waals surface area contributed by atoms with Crippen LogP contribution in [0.3, 0.4) is 0 Å². The zero-order chi connectivity index (χ0) is 49.7. The van der Waals surface area contributed by atoms with Crippen molar-refractivity contribution in [2.75, 3.05) is 14.2 Å². The van der Waals surface area contributed by atoms with Crippen molar-refractivity contribution in [1.29, 1.82) is 0 Å². The molecule has 0 amide bonds. The zero-order valence-corrected chi connectivity index (χ0v) is 43.9. The first-order valence-corrected chi connectivity index (χ1v) is 26.6. The van der Waals surface area contributed by atoms with Gasteiger partial charge in [-0.2, -0.15) is 16.8 Å². The molecule has 0 heterocycles. The summed E-state index contributed by atoms with van der Waals surface area (Å²) in [5.74, 6) is 0.713. The molecule has 8 aromatic carbocycles. The van der Waals surface area contributed by atoms with E-state index in [-0.39, 0.29) is 33.1 Å². The topological polar surface area (TPSA) is 105 Å². The fourth-order valence-corrected chi connectivity index (χ4v) is 9.82. The van der Waals surface area contributed by atoms with E-state index in [0.29, 0.717) is 32.7 Å². The van der Waals surface area contributed by atoms with E-state index in [1.807, 2.05) is 146 Å². The molecule has 0 N–H and O–H groups in total. The van der Waals surface area contributed by atoms with Gasteiger partial charge in [-0.3, -0.25) is 0 Å². The van der Waals surface area contributed by atoms with Gasteiger partial charge in [0.05, 0.1) is 14.2 Å². The monoisotopic (exact) mass is 1140 g/mol. The summed E-state index contributed by atoms with van der Waals surface area (Å²) in [4.78, 5) is 0.106. The van der Waals surface area contributed by atoms with Crippen molar-refractivity contribution < 1.29 is 34.7 Å². The molecule has 356 valence electrons. The molecule has 0 aliphatic rings. The second-order valence-electron chi connectivity index (χ2n) is 15.4. The summed E-state index contributed by atoms with van der Waals surface area (Å²) in [5, 5.41) is 1.23. The van der Waals surface area contributed by atoms with Crippen molar-refractivity contribution in [2.24, 2.45) is 0 Å². The normalized spacial score (nSPS) is 12.4. The SMILES string of the molecule is COc1ccc([C@@H](/C=C/c2ccccc2)c2ccc(Cl)cc2)c(OS(=O)(=O)c2ccc(Br)cc2)c1.COc1ccc([C@@H](/C=C/c2ccccc2)c2ccc(Cl)cc2)c(OS(=O)(=O)c2ccc(Br)cc2)c1. The Kier molecular flexibility index (Phi) is 17.8. The largest absolute Gasteiger partial charge is 0.497 e. The van der Waals surface area contributed by atoms with Crippen LogP contribution >= 0.6 is 55.1 Å². The van der Waals surface area contributed by atoms with E-state index in [0.717, 1.165) is 31.2 Å². The smallest absolute Gasteiger partial charge is 0.339 e. The van der Waals surface area contributed by atoms with Crippen LogP contribution in [0.4, 0.5) is 0 Å². The fourth-order valence-electron chi connectivity index (χ4n) is 7.15. The van der Waals surface area contributed by atoms with E-state index in [2.05, 4.69) is 31.9 Å². The highest BCUT2D eigenvalue weighted by molar-refractivity contribution is 9.10. The van der Waals surface area contributed by atoms with Crippen molar-refractivity contribution >= 4 is 87.5 Å². The van der Waals surface area contributed by atoms with Crippen molar-refractivity contribution in [1.82, 2.24) is 0 Å². The maximum absolute atomic E-state index is 13.1. The number of hydrogen-bond donors (Lipinski definition) is 0. The quantitative estimate of drug-likeness (QED) is 0.0881. The molecule has 70 heavy (non-hydrogen) atoms. The number of allylic oxidation sites excluding steroid dienone is 2. The lowest BCUT2D eigenvalue weighted by Crippen LogP contribution is -2.12. The maximum Gasteiger partial charge on any atom is 0.339 e. The summed E-state index contributed by atoms with van der Waals surface area (Å²) in [6, 6.07) is 57.6. The van der Waals surface area contributed by atoms with E-state index < -0.39 is 20.2 Å². The summed E-state index contributed by atoms with van der Waals surface area (Å²) in [7, 11) is -5.13. The molecular formula is C56H44Br2Cl2O8S2. The number of ether oxygens (including phenoxy) is 2. The van der Waals surface area contributed by atoms with Gasteiger partial charge in [-0.05, 0) is 107 Å². The van der Waals surface area contributed by atoms with E-state index in [4.69, 9.17) is 41.0 Å². The van der Waals surface area contributed by atoms with Crippen LogP contribution in [0.25, 0.3) is 12.2 Å². The summed E-state index contributed by atoms with van der Waals surface area (Å²) in [5.41, 5.74) is 5.23. The zero-order valence-electron chi connectivity index (χ0n) is 37.5. The molecule has 8 aromatic rings. The molecule has 0 aliphatic heterocycles. The first kappa shape index (κ1) is 51.7. The van der Waals surface area contributed by atoms with E-state index in [9.17, 15) is 16.8 Å². The van der Waals surface area contributed by atoms with Gasteiger partial charge in [0.2, 0.25) is 0 Å². The first-order valence-electron chi connectivity index (χ1n) is 21.4. The second-order valence-corrected chi connectivity index (χ2v) is 21.2. The maximum atomic E-state index is 13.1. The number of methoxy groups -OCH3 is 2. The number of halogens is 4. The Morgan fingerprint density at radius 3 is 1.11 bits per heavy atom. The molecule has 8 rings (SSSR count). The van der Waals surface area contributed by atoms with Crippen molar-refractivity contribution in [3.8, 4) is 23.0 Å². The number of benzene rings is 8. The molecule has 0 spiro atoms. The molecule has 0 saturated carbocycles. The van der Waals surface area contributed by atoms with Gasteiger partial charge < -0.3 is 17.8 Å². The highest BCUT2D eigenvalue weighted by atomic mass is 79.9. The highest BCUT2D eigenvalue weighted by Crippen LogP contribution is 2.40. The molecule has 0 unspecified atom stereocenters. The van der Waals surface area contributed by atoms with Crippen LogP contribution in [-0.4, -0.2) is 31.1 Å². The Morgan fingerprint density at radius 2 is 0.786 bits per heavy atom. The lowest BCUT2D eigenvalue weighted by molar-refractivity contribution is 0.410. The predicted octanol–water partition coefficient (Wildman–Crippen LogP) is 15.4. The van der Waals surface area contributed by atoms with Gasteiger partial charge in [0, 0.05) is 54.1 Å². The lowest BCUT2D eigenvalue weighted by atomic mass is 9.89. The van der Waals surface area contributed by atoms with Gasteiger partial charge in [-0.25, -0.2) is 0 Å². The van der Waals surface area contributed by atoms with Crippen molar-refractivity contribution in [3.05, 3.63) is 259 Å². The van der Waals surface area contributed by atoms with Crippen LogP contribution in [0.15, 0.2) is 225 Å². The third-order valence-electron chi connectivity index (χ3n) is 10.7. The van der Waals surface area contributed by atoms with Crippen LogP contribution in [0.5, 0.6) is 23.0 Å². The average molecular weight is 1140 g/mol. The second kappa shape index (κ2) is 24.1. The summed E-state index contributed by atoms with van der Waals surface area (Å²) < 4.78 is 76.2. The van der Waals surface area contributed by atoms with Crippen LogP contribution in [-0.2, 0) is 20.2 Å². The van der Waals surface area contributed by atoms with Gasteiger partial charge in [0.15, 0.2) is 11.5 Å². The highest BCUT2D eigenvalue weighted by Gasteiger charge is 2.25. The Labute approximate surface area is 436 Å². The molecule has 8 nitrogen and oxygen atoms in total. The van der Waals surface area contributed by atoms with E-state index >= 15 is 0 Å². The molecule has 0 bridgehead atoms. The number of hydrogen-bond acceptors (Lipinski definition) is 8. The molecule has 14 heteroatoms.